The maximum atomic E-state index is 13.9. The minimum Gasteiger partial charge on any atom is -0.348 e. The van der Waals surface area contributed by atoms with Gasteiger partial charge >= 0.3 is 12.4 Å². The standard InChI is InChI=1S/C28H32F7N3O2/c1-16-10-21(29)6-7-22(16)24-14-38(15-25(39)36(3)4)9-8-23(24)26(40)37(5)17(2)18-11-19(27(30,31)32)13-20(12-18)28(33,34)35/h6-7,10-13,17,23-24H,8-9,14-15H2,1-5H3/t17-,23-,24+/m0/s1. The molecule has 1 fully saturated rings. The van der Waals surface area contributed by atoms with Crippen molar-refractivity contribution in [3.8, 4) is 0 Å². The lowest BCUT2D eigenvalue weighted by atomic mass is 9.78. The first kappa shape index (κ1) is 31.4. The second-order valence-corrected chi connectivity index (χ2v) is 10.5. The summed E-state index contributed by atoms with van der Waals surface area (Å²) in [7, 11) is 4.58. The van der Waals surface area contributed by atoms with Crippen molar-refractivity contribution in [2.24, 2.45) is 5.92 Å². The highest BCUT2D eigenvalue weighted by Gasteiger charge is 2.40. The molecular weight excluding hydrogens is 543 g/mol. The van der Waals surface area contributed by atoms with E-state index in [1.807, 2.05) is 4.90 Å². The van der Waals surface area contributed by atoms with E-state index >= 15 is 0 Å². The van der Waals surface area contributed by atoms with Crippen LogP contribution in [0.2, 0.25) is 0 Å². The fourth-order valence-corrected chi connectivity index (χ4v) is 5.06. The van der Waals surface area contributed by atoms with Crippen LogP contribution in [-0.4, -0.2) is 67.3 Å². The summed E-state index contributed by atoms with van der Waals surface area (Å²) >= 11 is 0. The summed E-state index contributed by atoms with van der Waals surface area (Å²) in [5.41, 5.74) is -1.94. The Morgan fingerprint density at radius 1 is 0.975 bits per heavy atom. The number of hydrogen-bond donors (Lipinski definition) is 0. The number of hydrogen-bond acceptors (Lipinski definition) is 3. The van der Waals surface area contributed by atoms with Crippen molar-refractivity contribution in [1.82, 2.24) is 14.7 Å². The number of alkyl halides is 6. The number of nitrogens with zero attached hydrogens (tertiary/aromatic N) is 3. The van der Waals surface area contributed by atoms with E-state index in [0.717, 1.165) is 4.90 Å². The molecule has 0 aliphatic carbocycles. The lowest BCUT2D eigenvalue weighted by Crippen LogP contribution is -2.48. The number of benzene rings is 2. The molecule has 220 valence electrons. The van der Waals surface area contributed by atoms with Gasteiger partial charge in [0.1, 0.15) is 5.82 Å². The number of carbonyl (C=O) groups excluding carboxylic acids is 2. The SMILES string of the molecule is Cc1cc(F)ccc1[C@H]1CN(CC(=O)N(C)C)CC[C@@H]1C(=O)N(C)[C@@H](C)c1cc(C(F)(F)F)cc(C(F)(F)F)c1. The van der Waals surface area contributed by atoms with Gasteiger partial charge in [-0.2, -0.15) is 26.3 Å². The number of carbonyl (C=O) groups is 2. The smallest absolute Gasteiger partial charge is 0.348 e. The molecule has 1 aliphatic rings. The monoisotopic (exact) mass is 575 g/mol. The Bertz CT molecular complexity index is 1210. The average Bonchev–Trinajstić information content (AvgIpc) is 2.86. The van der Waals surface area contributed by atoms with Gasteiger partial charge in [0.25, 0.3) is 0 Å². The van der Waals surface area contributed by atoms with Crippen LogP contribution in [0, 0.1) is 18.7 Å². The van der Waals surface area contributed by atoms with Gasteiger partial charge in [-0.1, -0.05) is 6.07 Å². The number of likely N-dealkylation sites (tertiary alicyclic amines) is 1. The third kappa shape index (κ3) is 7.13. The molecule has 0 spiro atoms. The van der Waals surface area contributed by atoms with E-state index in [2.05, 4.69) is 0 Å². The summed E-state index contributed by atoms with van der Waals surface area (Å²) in [4.78, 5) is 30.6. The molecule has 12 heteroatoms. The van der Waals surface area contributed by atoms with Gasteiger partial charge < -0.3 is 9.80 Å². The molecular formula is C28H32F7N3O2. The van der Waals surface area contributed by atoms with Crippen LogP contribution in [0.15, 0.2) is 36.4 Å². The molecule has 1 saturated heterocycles. The molecule has 2 aromatic rings. The zero-order valence-electron chi connectivity index (χ0n) is 22.8. The van der Waals surface area contributed by atoms with E-state index in [9.17, 15) is 40.3 Å². The average molecular weight is 576 g/mol. The number of likely N-dealkylation sites (N-methyl/N-ethyl adjacent to an activating group) is 1. The van der Waals surface area contributed by atoms with Crippen LogP contribution in [0.4, 0.5) is 30.7 Å². The van der Waals surface area contributed by atoms with Crippen molar-refractivity contribution >= 4 is 11.8 Å². The van der Waals surface area contributed by atoms with Crippen molar-refractivity contribution < 1.29 is 40.3 Å². The van der Waals surface area contributed by atoms with Gasteiger partial charge in [-0.3, -0.25) is 14.5 Å². The molecule has 5 nitrogen and oxygen atoms in total. The van der Waals surface area contributed by atoms with Crippen LogP contribution in [0.5, 0.6) is 0 Å². The van der Waals surface area contributed by atoms with Crippen molar-refractivity contribution in [3.63, 3.8) is 0 Å². The van der Waals surface area contributed by atoms with Crippen molar-refractivity contribution in [2.45, 2.75) is 44.6 Å². The summed E-state index contributed by atoms with van der Waals surface area (Å²) in [6, 6.07) is 4.35. The van der Waals surface area contributed by atoms with Crippen molar-refractivity contribution in [1.29, 1.82) is 0 Å². The van der Waals surface area contributed by atoms with E-state index in [-0.39, 0.29) is 37.0 Å². The molecule has 0 unspecified atom stereocenters. The van der Waals surface area contributed by atoms with Gasteiger partial charge in [0.15, 0.2) is 0 Å². The first-order chi connectivity index (χ1) is 18.4. The summed E-state index contributed by atoms with van der Waals surface area (Å²) < 4.78 is 94.4. The van der Waals surface area contributed by atoms with Gasteiger partial charge in [0.2, 0.25) is 11.8 Å². The van der Waals surface area contributed by atoms with Crippen molar-refractivity contribution in [2.75, 3.05) is 40.8 Å². The summed E-state index contributed by atoms with van der Waals surface area (Å²) in [5, 5.41) is 0. The topological polar surface area (TPSA) is 43.9 Å². The molecule has 1 heterocycles. The summed E-state index contributed by atoms with van der Waals surface area (Å²) in [6.45, 7) is 3.82. The van der Waals surface area contributed by atoms with E-state index < -0.39 is 53.1 Å². The first-order valence-corrected chi connectivity index (χ1v) is 12.6. The molecule has 0 bridgehead atoms. The molecule has 0 N–H and O–H groups in total. The molecule has 2 amide bonds. The van der Waals surface area contributed by atoms with Gasteiger partial charge in [0.05, 0.1) is 23.7 Å². The van der Waals surface area contributed by atoms with E-state index in [0.29, 0.717) is 29.8 Å². The Morgan fingerprint density at radius 3 is 2.05 bits per heavy atom. The molecule has 0 radical (unpaired) electrons. The van der Waals surface area contributed by atoms with Crippen LogP contribution in [-0.2, 0) is 21.9 Å². The first-order valence-electron chi connectivity index (χ1n) is 12.6. The maximum absolute atomic E-state index is 13.9. The zero-order chi connectivity index (χ0) is 30.2. The van der Waals surface area contributed by atoms with E-state index in [4.69, 9.17) is 0 Å². The van der Waals surface area contributed by atoms with Gasteiger partial charge in [0, 0.05) is 39.5 Å². The molecule has 0 aromatic heterocycles. The minimum atomic E-state index is -5.01. The highest BCUT2D eigenvalue weighted by atomic mass is 19.4. The number of halogens is 7. The number of rotatable bonds is 6. The van der Waals surface area contributed by atoms with Gasteiger partial charge in [-0.15, -0.1) is 0 Å². The Kier molecular flexibility index (Phi) is 9.22. The quantitative estimate of drug-likeness (QED) is 0.404. The Hall–Kier alpha value is -3.15. The molecule has 2 aromatic carbocycles. The number of aryl methyl sites for hydroxylation is 1. The molecule has 40 heavy (non-hydrogen) atoms. The normalized spacial score (nSPS) is 19.3. The third-order valence-electron chi connectivity index (χ3n) is 7.52. The van der Waals surface area contributed by atoms with Gasteiger partial charge in [-0.25, -0.2) is 4.39 Å². The van der Waals surface area contributed by atoms with E-state index in [1.54, 1.807) is 27.1 Å². The highest BCUT2D eigenvalue weighted by Crippen LogP contribution is 2.40. The zero-order valence-corrected chi connectivity index (χ0v) is 22.8. The molecule has 3 rings (SSSR count). The van der Waals surface area contributed by atoms with Crippen LogP contribution >= 0.6 is 0 Å². The molecule has 0 saturated carbocycles. The Balaban J connectivity index is 1.96. The maximum Gasteiger partial charge on any atom is 0.416 e. The highest BCUT2D eigenvalue weighted by molar-refractivity contribution is 5.81. The van der Waals surface area contributed by atoms with Crippen LogP contribution in [0.3, 0.4) is 0 Å². The minimum absolute atomic E-state index is 0.0517. The Labute approximate surface area is 228 Å². The fraction of sp³-hybridized carbons (Fsp3) is 0.500. The van der Waals surface area contributed by atoms with Crippen molar-refractivity contribution in [3.05, 3.63) is 70.0 Å². The number of piperidine rings is 1. The lowest BCUT2D eigenvalue weighted by Gasteiger charge is -2.41. The molecule has 1 aliphatic heterocycles. The van der Waals surface area contributed by atoms with Gasteiger partial charge in [-0.05, 0) is 73.8 Å². The Morgan fingerprint density at radius 2 is 1.55 bits per heavy atom. The summed E-state index contributed by atoms with van der Waals surface area (Å²) in [6.07, 6.45) is -9.74. The predicted octanol–water partition coefficient (Wildman–Crippen LogP) is 5.89. The molecule has 3 atom stereocenters. The number of amides is 2. The third-order valence-corrected chi connectivity index (χ3v) is 7.52. The predicted molar refractivity (Wildman–Crippen MR) is 135 cm³/mol. The fourth-order valence-electron chi connectivity index (χ4n) is 5.06. The second-order valence-electron chi connectivity index (χ2n) is 10.5. The van der Waals surface area contributed by atoms with E-state index in [1.165, 1.54) is 31.0 Å². The van der Waals surface area contributed by atoms with Crippen LogP contribution < -0.4 is 0 Å². The van der Waals surface area contributed by atoms with Crippen LogP contribution in [0.1, 0.15) is 53.1 Å². The van der Waals surface area contributed by atoms with Crippen LogP contribution in [0.25, 0.3) is 0 Å². The summed E-state index contributed by atoms with van der Waals surface area (Å²) in [5.74, 6) is -2.26. The second kappa shape index (κ2) is 11.8. The lowest BCUT2D eigenvalue weighted by molar-refractivity contribution is -0.143. The largest absolute Gasteiger partial charge is 0.416 e.